The van der Waals surface area contributed by atoms with Crippen LogP contribution in [0.15, 0.2) is 30.3 Å². The maximum absolute atomic E-state index is 12.4. The third-order valence-electron chi connectivity index (χ3n) is 4.22. The van der Waals surface area contributed by atoms with E-state index in [9.17, 15) is 14.7 Å². The average Bonchev–Trinajstić information content (AvgIpc) is 2.85. The molecule has 2 saturated heterocycles. The number of rotatable bonds is 3. The molecule has 7 nitrogen and oxygen atoms in total. The number of fused-ring (bicyclic) bond motifs is 1. The molecule has 0 saturated carbocycles. The number of benzene rings is 1. The van der Waals surface area contributed by atoms with Gasteiger partial charge in [0.25, 0.3) is 0 Å². The van der Waals surface area contributed by atoms with E-state index in [4.69, 9.17) is 14.2 Å². The monoisotopic (exact) mass is 335 g/mol. The Morgan fingerprint density at radius 1 is 1.25 bits per heavy atom. The van der Waals surface area contributed by atoms with Gasteiger partial charge in [-0.1, -0.05) is 30.3 Å². The maximum Gasteiger partial charge on any atom is 0.410 e. The molecule has 1 amide bonds. The number of piperidine rings is 1. The van der Waals surface area contributed by atoms with Crippen molar-refractivity contribution >= 4 is 12.1 Å². The molecule has 1 aromatic rings. The summed E-state index contributed by atoms with van der Waals surface area (Å²) >= 11 is 0. The number of aliphatic carboxylic acids is 1. The summed E-state index contributed by atoms with van der Waals surface area (Å²) in [5, 5.41) is 9.45. The summed E-state index contributed by atoms with van der Waals surface area (Å²) in [5.41, 5.74) is 0.842. The van der Waals surface area contributed by atoms with Gasteiger partial charge in [0, 0.05) is 6.42 Å². The molecule has 24 heavy (non-hydrogen) atoms. The van der Waals surface area contributed by atoms with Gasteiger partial charge in [-0.3, -0.25) is 4.90 Å². The zero-order valence-corrected chi connectivity index (χ0v) is 13.7. The predicted molar refractivity (Wildman–Crippen MR) is 83.2 cm³/mol. The van der Waals surface area contributed by atoms with Gasteiger partial charge in [-0.05, 0) is 19.4 Å². The summed E-state index contributed by atoms with van der Waals surface area (Å²) in [5.74, 6) is -1.85. The van der Waals surface area contributed by atoms with E-state index in [-0.39, 0.29) is 31.8 Å². The van der Waals surface area contributed by atoms with Crippen LogP contribution >= 0.6 is 0 Å². The molecule has 0 unspecified atom stereocenters. The lowest BCUT2D eigenvalue weighted by molar-refractivity contribution is -0.148. The van der Waals surface area contributed by atoms with Gasteiger partial charge in [-0.15, -0.1) is 0 Å². The van der Waals surface area contributed by atoms with E-state index in [1.165, 1.54) is 4.90 Å². The Morgan fingerprint density at radius 2 is 1.92 bits per heavy atom. The Bertz CT molecular complexity index is 617. The first-order valence-electron chi connectivity index (χ1n) is 7.91. The zero-order chi connectivity index (χ0) is 17.3. The van der Waals surface area contributed by atoms with Gasteiger partial charge in [-0.25, -0.2) is 9.59 Å². The lowest BCUT2D eigenvalue weighted by Gasteiger charge is -2.36. The molecule has 0 spiro atoms. The molecule has 2 aliphatic heterocycles. The molecule has 130 valence electrons. The summed E-state index contributed by atoms with van der Waals surface area (Å²) in [7, 11) is 0. The molecular formula is C17H21NO6. The summed E-state index contributed by atoms with van der Waals surface area (Å²) in [6.07, 6.45) is -1.15. The van der Waals surface area contributed by atoms with Gasteiger partial charge in [-0.2, -0.15) is 0 Å². The van der Waals surface area contributed by atoms with Crippen molar-refractivity contribution in [3.8, 4) is 0 Å². The molecule has 1 N–H and O–H groups in total. The van der Waals surface area contributed by atoms with Crippen molar-refractivity contribution in [1.29, 1.82) is 0 Å². The molecule has 7 heteroatoms. The molecule has 2 heterocycles. The minimum Gasteiger partial charge on any atom is -0.480 e. The normalized spacial score (nSPS) is 28.2. The number of amides is 1. The quantitative estimate of drug-likeness (QED) is 0.909. The minimum absolute atomic E-state index is 0.0967. The van der Waals surface area contributed by atoms with Crippen LogP contribution in [0.1, 0.15) is 25.8 Å². The van der Waals surface area contributed by atoms with Crippen molar-refractivity contribution in [3.63, 3.8) is 0 Å². The SMILES string of the molecule is CC1(C)O[C@H]2C[C@@H](C(=O)O)N(C(=O)OCc3ccccc3)C[C@@H]2O1. The molecule has 3 rings (SSSR count). The fourth-order valence-electron chi connectivity index (χ4n) is 3.17. The van der Waals surface area contributed by atoms with Gasteiger partial charge in [0.05, 0.1) is 12.6 Å². The Labute approximate surface area is 140 Å². The highest BCUT2D eigenvalue weighted by molar-refractivity contribution is 5.80. The van der Waals surface area contributed by atoms with Crippen molar-refractivity contribution in [2.75, 3.05) is 6.54 Å². The molecule has 0 aliphatic carbocycles. The van der Waals surface area contributed by atoms with Crippen LogP contribution in [0.4, 0.5) is 4.79 Å². The number of carboxylic acids is 1. The molecule has 0 radical (unpaired) electrons. The second kappa shape index (κ2) is 6.41. The van der Waals surface area contributed by atoms with Crippen LogP contribution in [0.5, 0.6) is 0 Å². The number of hydrogen-bond acceptors (Lipinski definition) is 5. The number of carbonyl (C=O) groups is 2. The summed E-state index contributed by atoms with van der Waals surface area (Å²) in [6, 6.07) is 8.26. The number of nitrogens with zero attached hydrogens (tertiary/aromatic N) is 1. The van der Waals surface area contributed by atoms with Crippen molar-refractivity contribution in [2.24, 2.45) is 0 Å². The number of hydrogen-bond donors (Lipinski definition) is 1. The van der Waals surface area contributed by atoms with Crippen LogP contribution in [-0.4, -0.2) is 52.7 Å². The van der Waals surface area contributed by atoms with E-state index in [0.29, 0.717) is 0 Å². The van der Waals surface area contributed by atoms with Crippen molar-refractivity contribution in [3.05, 3.63) is 35.9 Å². The number of ether oxygens (including phenoxy) is 3. The average molecular weight is 335 g/mol. The lowest BCUT2D eigenvalue weighted by atomic mass is 9.98. The first kappa shape index (κ1) is 16.7. The van der Waals surface area contributed by atoms with Gasteiger partial charge in [0.2, 0.25) is 0 Å². The fraction of sp³-hybridized carbons (Fsp3) is 0.529. The predicted octanol–water partition coefficient (Wildman–Crippen LogP) is 2.00. The van der Waals surface area contributed by atoms with Gasteiger partial charge in [0.15, 0.2) is 5.79 Å². The van der Waals surface area contributed by atoms with E-state index in [1.807, 2.05) is 30.3 Å². The van der Waals surface area contributed by atoms with Crippen molar-refractivity contribution in [1.82, 2.24) is 4.90 Å². The Hall–Kier alpha value is -2.12. The third kappa shape index (κ3) is 3.52. The van der Waals surface area contributed by atoms with Gasteiger partial charge in [0.1, 0.15) is 18.8 Å². The largest absolute Gasteiger partial charge is 0.480 e. The van der Waals surface area contributed by atoms with Crippen LogP contribution in [0, 0.1) is 0 Å². The highest BCUT2D eigenvalue weighted by Crippen LogP contribution is 2.35. The van der Waals surface area contributed by atoms with Gasteiger partial charge >= 0.3 is 12.1 Å². The highest BCUT2D eigenvalue weighted by atomic mass is 16.8. The van der Waals surface area contributed by atoms with E-state index in [1.54, 1.807) is 13.8 Å². The molecule has 0 bridgehead atoms. The lowest BCUT2D eigenvalue weighted by Crippen LogP contribution is -2.56. The molecule has 3 atom stereocenters. The molecule has 0 aromatic heterocycles. The Balaban J connectivity index is 1.68. The number of likely N-dealkylation sites (tertiary alicyclic amines) is 1. The maximum atomic E-state index is 12.4. The van der Waals surface area contributed by atoms with E-state index in [2.05, 4.69) is 0 Å². The summed E-state index contributed by atoms with van der Waals surface area (Å²) < 4.78 is 16.8. The molecule has 1 aromatic carbocycles. The van der Waals surface area contributed by atoms with Crippen LogP contribution in [0.25, 0.3) is 0 Å². The third-order valence-corrected chi connectivity index (χ3v) is 4.22. The van der Waals surface area contributed by atoms with Crippen molar-refractivity contribution < 1.29 is 28.9 Å². The smallest absolute Gasteiger partial charge is 0.410 e. The molecular weight excluding hydrogens is 314 g/mol. The summed E-state index contributed by atoms with van der Waals surface area (Å²) in [6.45, 7) is 3.79. The van der Waals surface area contributed by atoms with Crippen LogP contribution < -0.4 is 0 Å². The Kier molecular flexibility index (Phi) is 4.47. The summed E-state index contributed by atoms with van der Waals surface area (Å²) in [4.78, 5) is 25.1. The topological polar surface area (TPSA) is 85.3 Å². The second-order valence-corrected chi connectivity index (χ2v) is 6.49. The van der Waals surface area contributed by atoms with Gasteiger partial charge < -0.3 is 19.3 Å². The first-order chi connectivity index (χ1) is 11.4. The second-order valence-electron chi connectivity index (χ2n) is 6.49. The van der Waals surface area contributed by atoms with E-state index < -0.39 is 23.9 Å². The fourth-order valence-corrected chi connectivity index (χ4v) is 3.17. The molecule has 2 aliphatic rings. The van der Waals surface area contributed by atoms with E-state index >= 15 is 0 Å². The van der Waals surface area contributed by atoms with Crippen LogP contribution in [0.2, 0.25) is 0 Å². The number of carboxylic acid groups (broad SMARTS) is 1. The van der Waals surface area contributed by atoms with Crippen LogP contribution in [0.3, 0.4) is 0 Å². The van der Waals surface area contributed by atoms with Crippen LogP contribution in [-0.2, 0) is 25.6 Å². The van der Waals surface area contributed by atoms with E-state index in [0.717, 1.165) is 5.56 Å². The van der Waals surface area contributed by atoms with Crippen molar-refractivity contribution in [2.45, 2.75) is 50.9 Å². The highest BCUT2D eigenvalue weighted by Gasteiger charge is 2.50. The molecule has 2 fully saturated rings. The Morgan fingerprint density at radius 3 is 2.58 bits per heavy atom. The standard InChI is InChI=1S/C17H21NO6/c1-17(2)23-13-8-12(15(19)20)18(9-14(13)24-17)16(21)22-10-11-6-4-3-5-7-11/h3-7,12-14H,8-10H2,1-2H3,(H,19,20)/t12-,13-,14-/m0/s1. The first-order valence-corrected chi connectivity index (χ1v) is 7.91. The number of carbonyl (C=O) groups excluding carboxylic acids is 1. The minimum atomic E-state index is -1.07. The zero-order valence-electron chi connectivity index (χ0n) is 13.7.